The number of nitrogens with zero attached hydrogens (tertiary/aromatic N) is 1. The van der Waals surface area contributed by atoms with Crippen LogP contribution in [0.1, 0.15) is 12.5 Å². The van der Waals surface area contributed by atoms with E-state index in [0.29, 0.717) is 11.1 Å². The number of methoxy groups -OCH3 is 1. The maximum atomic E-state index is 11.3. The molecule has 0 heterocycles. The van der Waals surface area contributed by atoms with Gasteiger partial charge in [0, 0.05) is 5.56 Å². The van der Waals surface area contributed by atoms with E-state index in [1.807, 2.05) is 0 Å². The molecule has 0 aliphatic carbocycles. The van der Waals surface area contributed by atoms with Crippen LogP contribution < -0.4 is 0 Å². The predicted octanol–water partition coefficient (Wildman–Crippen LogP) is 1.86. The standard InChI is InChI=1S/C12H11NO3/c1-8(10(7-13)12(15)16-2)9-5-3-4-6-11(9)14/h3-6,14H,1-2H3. The Hall–Kier alpha value is -2.28. The van der Waals surface area contributed by atoms with Gasteiger partial charge < -0.3 is 9.84 Å². The van der Waals surface area contributed by atoms with Gasteiger partial charge in [0.2, 0.25) is 0 Å². The Kier molecular flexibility index (Phi) is 3.67. The van der Waals surface area contributed by atoms with E-state index in [0.717, 1.165) is 0 Å². The van der Waals surface area contributed by atoms with Crippen LogP contribution in [-0.2, 0) is 9.53 Å². The minimum absolute atomic E-state index is 0.0247. The number of nitriles is 1. The molecule has 1 N–H and O–H groups in total. The molecule has 0 aromatic heterocycles. The second-order valence-corrected chi connectivity index (χ2v) is 3.12. The lowest BCUT2D eigenvalue weighted by molar-refractivity contribution is -0.135. The van der Waals surface area contributed by atoms with Crippen molar-refractivity contribution in [2.24, 2.45) is 0 Å². The molecule has 1 aromatic rings. The molecule has 0 radical (unpaired) electrons. The molecule has 4 nitrogen and oxygen atoms in total. The maximum Gasteiger partial charge on any atom is 0.348 e. The van der Waals surface area contributed by atoms with Gasteiger partial charge in [-0.25, -0.2) is 4.79 Å². The molecule has 1 rings (SSSR count). The van der Waals surface area contributed by atoms with Crippen LogP contribution in [0.2, 0.25) is 0 Å². The number of hydrogen-bond donors (Lipinski definition) is 1. The molecular formula is C12H11NO3. The van der Waals surface area contributed by atoms with E-state index in [4.69, 9.17) is 5.26 Å². The summed E-state index contributed by atoms with van der Waals surface area (Å²) in [6.07, 6.45) is 0. The Morgan fingerprint density at radius 2 is 2.06 bits per heavy atom. The normalized spacial score (nSPS) is 11.3. The highest BCUT2D eigenvalue weighted by atomic mass is 16.5. The summed E-state index contributed by atoms with van der Waals surface area (Å²) in [5, 5.41) is 18.4. The number of ether oxygens (including phenoxy) is 1. The molecule has 0 aliphatic rings. The Bertz CT molecular complexity index is 483. The van der Waals surface area contributed by atoms with Crippen LogP contribution >= 0.6 is 0 Å². The molecule has 0 atom stereocenters. The molecule has 1 aromatic carbocycles. The zero-order valence-corrected chi connectivity index (χ0v) is 9.02. The molecule has 0 spiro atoms. The van der Waals surface area contributed by atoms with Crippen molar-refractivity contribution < 1.29 is 14.6 Å². The maximum absolute atomic E-state index is 11.3. The van der Waals surface area contributed by atoms with Crippen molar-refractivity contribution in [1.82, 2.24) is 0 Å². The predicted molar refractivity (Wildman–Crippen MR) is 58.3 cm³/mol. The van der Waals surface area contributed by atoms with Crippen LogP contribution in [-0.4, -0.2) is 18.2 Å². The second kappa shape index (κ2) is 4.99. The van der Waals surface area contributed by atoms with Crippen LogP contribution in [0.5, 0.6) is 5.75 Å². The Morgan fingerprint density at radius 3 is 2.56 bits per heavy atom. The summed E-state index contributed by atoms with van der Waals surface area (Å²) in [6.45, 7) is 1.59. The fraction of sp³-hybridized carbons (Fsp3) is 0.167. The SMILES string of the molecule is COC(=O)C(C#N)=C(C)c1ccccc1O. The Morgan fingerprint density at radius 1 is 1.44 bits per heavy atom. The fourth-order valence-corrected chi connectivity index (χ4v) is 1.31. The monoisotopic (exact) mass is 217 g/mol. The summed E-state index contributed by atoms with van der Waals surface area (Å²) in [5.74, 6) is -0.681. The number of rotatable bonds is 2. The van der Waals surface area contributed by atoms with Crippen molar-refractivity contribution in [1.29, 1.82) is 5.26 Å². The first kappa shape index (κ1) is 11.8. The molecular weight excluding hydrogens is 206 g/mol. The van der Waals surface area contributed by atoms with E-state index in [1.165, 1.54) is 13.2 Å². The molecule has 0 saturated carbocycles. The van der Waals surface area contributed by atoms with Crippen molar-refractivity contribution in [2.75, 3.05) is 7.11 Å². The van der Waals surface area contributed by atoms with E-state index in [1.54, 1.807) is 31.2 Å². The van der Waals surface area contributed by atoms with Crippen LogP contribution in [0.25, 0.3) is 5.57 Å². The van der Waals surface area contributed by atoms with Crippen molar-refractivity contribution >= 4 is 11.5 Å². The van der Waals surface area contributed by atoms with Crippen LogP contribution in [0, 0.1) is 11.3 Å². The number of benzene rings is 1. The average molecular weight is 217 g/mol. The number of phenols is 1. The Labute approximate surface area is 93.4 Å². The molecule has 4 heteroatoms. The third kappa shape index (κ3) is 2.20. The van der Waals surface area contributed by atoms with Gasteiger partial charge in [-0.2, -0.15) is 5.26 Å². The number of carbonyl (C=O) groups is 1. The number of carbonyl (C=O) groups excluding carboxylic acids is 1. The summed E-state index contributed by atoms with van der Waals surface area (Å²) in [4.78, 5) is 11.3. The first-order valence-electron chi connectivity index (χ1n) is 4.59. The number of esters is 1. The molecule has 0 amide bonds. The van der Waals surface area contributed by atoms with Gasteiger partial charge in [-0.05, 0) is 18.6 Å². The third-order valence-electron chi connectivity index (χ3n) is 2.18. The lowest BCUT2D eigenvalue weighted by Gasteiger charge is -2.06. The summed E-state index contributed by atoms with van der Waals surface area (Å²) >= 11 is 0. The number of hydrogen-bond acceptors (Lipinski definition) is 4. The van der Waals surface area contributed by atoms with Crippen LogP contribution in [0.4, 0.5) is 0 Å². The van der Waals surface area contributed by atoms with Gasteiger partial charge in [0.05, 0.1) is 7.11 Å². The summed E-state index contributed by atoms with van der Waals surface area (Å²) in [7, 11) is 1.21. The Balaban J connectivity index is 3.33. The third-order valence-corrected chi connectivity index (χ3v) is 2.18. The molecule has 0 unspecified atom stereocenters. The molecule has 0 aliphatic heterocycles. The number of aromatic hydroxyl groups is 1. The van der Waals surface area contributed by atoms with Gasteiger partial charge >= 0.3 is 5.97 Å². The van der Waals surface area contributed by atoms with E-state index < -0.39 is 5.97 Å². The number of phenolic OH excluding ortho intramolecular Hbond substituents is 1. The topological polar surface area (TPSA) is 70.3 Å². The first-order valence-corrected chi connectivity index (χ1v) is 4.59. The summed E-state index contributed by atoms with van der Waals surface area (Å²) < 4.78 is 4.48. The van der Waals surface area contributed by atoms with Crippen molar-refractivity contribution in [2.45, 2.75) is 6.92 Å². The molecule has 0 saturated heterocycles. The van der Waals surface area contributed by atoms with Crippen LogP contribution in [0.3, 0.4) is 0 Å². The second-order valence-electron chi connectivity index (χ2n) is 3.12. The zero-order chi connectivity index (χ0) is 12.1. The lowest BCUT2D eigenvalue weighted by atomic mass is 10.0. The highest BCUT2D eigenvalue weighted by molar-refractivity contribution is 6.01. The smallest absolute Gasteiger partial charge is 0.348 e. The van der Waals surface area contributed by atoms with Gasteiger partial charge in [0.15, 0.2) is 0 Å². The minimum Gasteiger partial charge on any atom is -0.507 e. The van der Waals surface area contributed by atoms with E-state index in [9.17, 15) is 9.90 Å². The molecule has 0 bridgehead atoms. The largest absolute Gasteiger partial charge is 0.507 e. The first-order chi connectivity index (χ1) is 7.61. The van der Waals surface area contributed by atoms with Crippen molar-refractivity contribution in [3.05, 3.63) is 35.4 Å². The van der Waals surface area contributed by atoms with Gasteiger partial charge in [-0.3, -0.25) is 0 Å². The van der Waals surface area contributed by atoms with E-state index >= 15 is 0 Å². The molecule has 82 valence electrons. The number of para-hydroxylation sites is 1. The van der Waals surface area contributed by atoms with E-state index in [-0.39, 0.29) is 11.3 Å². The summed E-state index contributed by atoms with van der Waals surface area (Å²) in [6, 6.07) is 8.27. The van der Waals surface area contributed by atoms with Gasteiger partial charge in [0.1, 0.15) is 17.4 Å². The fourth-order valence-electron chi connectivity index (χ4n) is 1.31. The lowest BCUT2D eigenvalue weighted by Crippen LogP contribution is -2.05. The van der Waals surface area contributed by atoms with Gasteiger partial charge in [-0.1, -0.05) is 18.2 Å². The van der Waals surface area contributed by atoms with Gasteiger partial charge in [0.25, 0.3) is 0 Å². The summed E-state index contributed by atoms with van der Waals surface area (Å²) in [5.41, 5.74) is 0.737. The van der Waals surface area contributed by atoms with Gasteiger partial charge in [-0.15, -0.1) is 0 Å². The molecule has 16 heavy (non-hydrogen) atoms. The minimum atomic E-state index is -0.705. The zero-order valence-electron chi connectivity index (χ0n) is 9.02. The van der Waals surface area contributed by atoms with E-state index in [2.05, 4.69) is 4.74 Å². The highest BCUT2D eigenvalue weighted by Gasteiger charge is 2.15. The highest BCUT2D eigenvalue weighted by Crippen LogP contribution is 2.26. The van der Waals surface area contributed by atoms with Crippen molar-refractivity contribution in [3.63, 3.8) is 0 Å². The molecule has 0 fully saturated rings. The number of allylic oxidation sites excluding steroid dienone is 1. The quantitative estimate of drug-likeness (QED) is 0.466. The van der Waals surface area contributed by atoms with Crippen LogP contribution in [0.15, 0.2) is 29.8 Å². The average Bonchev–Trinajstić information content (AvgIpc) is 2.30. The van der Waals surface area contributed by atoms with Crippen molar-refractivity contribution in [3.8, 4) is 11.8 Å².